The summed E-state index contributed by atoms with van der Waals surface area (Å²) in [6.45, 7) is 0. The Kier molecular flexibility index (Phi) is 7.54. The van der Waals surface area contributed by atoms with Gasteiger partial charge in [0.15, 0.2) is 5.82 Å². The van der Waals surface area contributed by atoms with Crippen LogP contribution >= 0.6 is 0 Å². The molecule has 2 heterocycles. The lowest BCUT2D eigenvalue weighted by molar-refractivity contribution is 1.20. The van der Waals surface area contributed by atoms with Crippen LogP contribution in [0.5, 0.6) is 0 Å². The van der Waals surface area contributed by atoms with Gasteiger partial charge in [-0.2, -0.15) is 0 Å². The van der Waals surface area contributed by atoms with E-state index in [1.165, 1.54) is 65.3 Å². The normalized spacial score (nSPS) is 11.7. The van der Waals surface area contributed by atoms with Crippen LogP contribution in [0.3, 0.4) is 0 Å². The fraction of sp³-hybridized carbons (Fsp3) is 0. The Balaban J connectivity index is 1.17. The summed E-state index contributed by atoms with van der Waals surface area (Å²) in [6.07, 6.45) is 0. The first kappa shape index (κ1) is 33.3. The van der Waals surface area contributed by atoms with Gasteiger partial charge in [0.1, 0.15) is 0 Å². The van der Waals surface area contributed by atoms with Crippen molar-refractivity contribution in [3.05, 3.63) is 212 Å². The predicted octanol–water partition coefficient (Wildman–Crippen LogP) is 14.9. The van der Waals surface area contributed by atoms with Gasteiger partial charge in [0.2, 0.25) is 0 Å². The number of rotatable bonds is 5. The molecule has 12 aromatic rings. The van der Waals surface area contributed by atoms with E-state index in [4.69, 9.17) is 9.97 Å². The molecule has 0 saturated carbocycles. The minimum Gasteiger partial charge on any atom is -0.309 e. The van der Waals surface area contributed by atoms with Crippen LogP contribution in [0.15, 0.2) is 212 Å². The zero-order valence-electron chi connectivity index (χ0n) is 32.0. The van der Waals surface area contributed by atoms with E-state index in [9.17, 15) is 0 Å². The van der Waals surface area contributed by atoms with Crippen LogP contribution < -0.4 is 0 Å². The van der Waals surface area contributed by atoms with E-state index in [1.54, 1.807) is 0 Å². The monoisotopic (exact) mass is 749 g/mol. The molecule has 2 aromatic heterocycles. The molecule has 274 valence electrons. The highest BCUT2D eigenvalue weighted by atomic mass is 15.0. The molecule has 0 bridgehead atoms. The zero-order valence-corrected chi connectivity index (χ0v) is 32.0. The fourth-order valence-corrected chi connectivity index (χ4v) is 9.24. The lowest BCUT2D eigenvalue weighted by Crippen LogP contribution is -1.98. The second-order valence-corrected chi connectivity index (χ2v) is 15.3. The van der Waals surface area contributed by atoms with Gasteiger partial charge in [0.25, 0.3) is 0 Å². The molecule has 0 saturated heterocycles. The number of fused-ring (bicyclic) bond motifs is 9. The molecule has 0 amide bonds. The molecule has 10 aromatic carbocycles. The summed E-state index contributed by atoms with van der Waals surface area (Å²) >= 11 is 0. The van der Waals surface area contributed by atoms with E-state index in [-0.39, 0.29) is 0 Å². The van der Waals surface area contributed by atoms with E-state index >= 15 is 0 Å². The maximum atomic E-state index is 5.22. The zero-order chi connectivity index (χ0) is 38.9. The summed E-state index contributed by atoms with van der Waals surface area (Å²) in [5.41, 5.74) is 12.1. The third-order valence-corrected chi connectivity index (χ3v) is 11.9. The van der Waals surface area contributed by atoms with Crippen molar-refractivity contribution in [2.75, 3.05) is 0 Å². The molecule has 3 heteroatoms. The molecule has 0 aliphatic carbocycles. The minimum atomic E-state index is 0.721. The van der Waals surface area contributed by atoms with Crippen molar-refractivity contribution in [3.63, 3.8) is 0 Å². The molecule has 3 nitrogen and oxygen atoms in total. The van der Waals surface area contributed by atoms with Crippen molar-refractivity contribution in [2.45, 2.75) is 0 Å². The average molecular weight is 750 g/mol. The Bertz CT molecular complexity index is 3590. The van der Waals surface area contributed by atoms with Gasteiger partial charge in [0.05, 0.1) is 27.9 Å². The lowest BCUT2D eigenvalue weighted by Gasteiger charge is -2.16. The van der Waals surface area contributed by atoms with Crippen molar-refractivity contribution < 1.29 is 0 Å². The van der Waals surface area contributed by atoms with E-state index in [2.05, 4.69) is 199 Å². The molecule has 0 unspecified atom stereocenters. The summed E-state index contributed by atoms with van der Waals surface area (Å²) in [4.78, 5) is 10.3. The Morgan fingerprint density at radius 3 is 1.69 bits per heavy atom. The van der Waals surface area contributed by atoms with E-state index in [0.29, 0.717) is 0 Å². The highest BCUT2D eigenvalue weighted by Crippen LogP contribution is 2.45. The van der Waals surface area contributed by atoms with Gasteiger partial charge >= 0.3 is 0 Å². The highest BCUT2D eigenvalue weighted by molar-refractivity contribution is 6.30. The predicted molar refractivity (Wildman–Crippen MR) is 248 cm³/mol. The molecule has 0 fully saturated rings. The maximum absolute atomic E-state index is 5.22. The Morgan fingerprint density at radius 2 is 0.932 bits per heavy atom. The van der Waals surface area contributed by atoms with Gasteiger partial charge < -0.3 is 4.57 Å². The van der Waals surface area contributed by atoms with Crippen LogP contribution in [0.2, 0.25) is 0 Å². The van der Waals surface area contributed by atoms with Crippen LogP contribution in [0.1, 0.15) is 0 Å². The van der Waals surface area contributed by atoms with Crippen LogP contribution in [0, 0.1) is 0 Å². The molecule has 0 aliphatic heterocycles. The third kappa shape index (κ3) is 5.36. The molecule has 59 heavy (non-hydrogen) atoms. The Labute approximate surface area is 341 Å². The van der Waals surface area contributed by atoms with Crippen LogP contribution in [-0.4, -0.2) is 14.5 Å². The molecule has 0 atom stereocenters. The summed E-state index contributed by atoms with van der Waals surface area (Å²) in [5.74, 6) is 0.721. The molecular weight excluding hydrogens is 715 g/mol. The Morgan fingerprint density at radius 1 is 0.322 bits per heavy atom. The molecule has 0 aliphatic rings. The molecule has 0 spiro atoms. The van der Waals surface area contributed by atoms with Crippen molar-refractivity contribution in [3.8, 4) is 50.6 Å². The highest BCUT2D eigenvalue weighted by Gasteiger charge is 2.22. The van der Waals surface area contributed by atoms with Gasteiger partial charge in [-0.15, -0.1) is 0 Å². The summed E-state index contributed by atoms with van der Waals surface area (Å²) in [5, 5.41) is 10.9. The number of nitrogens with zero attached hydrogens (tertiary/aromatic N) is 3. The first-order valence-corrected chi connectivity index (χ1v) is 20.2. The second kappa shape index (κ2) is 13.4. The first-order chi connectivity index (χ1) is 29.3. The SMILES string of the molecule is c1ccc(-c2nc(-c3ccccc3)c3cc(-c4cc(-n5c6ccc7ccccc7c6c6c7ccccc7c(-c7ccccc7)cc65)c5ccccc5c4)ccc3n2)cc1. The van der Waals surface area contributed by atoms with Gasteiger partial charge in [0, 0.05) is 32.7 Å². The average Bonchev–Trinajstić information content (AvgIpc) is 3.66. The van der Waals surface area contributed by atoms with Gasteiger partial charge in [-0.3, -0.25) is 0 Å². The topological polar surface area (TPSA) is 30.7 Å². The number of hydrogen-bond acceptors (Lipinski definition) is 2. The largest absolute Gasteiger partial charge is 0.309 e. The quantitative estimate of drug-likeness (QED) is 0.175. The summed E-state index contributed by atoms with van der Waals surface area (Å²) in [6, 6.07) is 76.4. The van der Waals surface area contributed by atoms with Crippen LogP contribution in [0.4, 0.5) is 0 Å². The second-order valence-electron chi connectivity index (χ2n) is 15.3. The smallest absolute Gasteiger partial charge is 0.160 e. The van der Waals surface area contributed by atoms with E-state index < -0.39 is 0 Å². The standard InChI is InChI=1S/C56H35N3/c1-4-16-36(17-5-1)47-35-52-54(46-27-15-14-26-45(46)47)53-44-25-13-10-18-37(44)29-31-50(53)59(52)51-34-42(32-41-23-11-12-24-43(41)51)40-28-30-49-48(33-40)55(38-19-6-2-7-20-38)58-56(57-49)39-21-8-3-9-22-39/h1-35H. The summed E-state index contributed by atoms with van der Waals surface area (Å²) < 4.78 is 2.52. The Hall–Kier alpha value is -7.88. The third-order valence-electron chi connectivity index (χ3n) is 11.9. The minimum absolute atomic E-state index is 0.721. The lowest BCUT2D eigenvalue weighted by atomic mass is 9.94. The van der Waals surface area contributed by atoms with Crippen molar-refractivity contribution >= 4 is 65.0 Å². The van der Waals surface area contributed by atoms with E-state index in [1.807, 2.05) is 18.2 Å². The molecule has 0 N–H and O–H groups in total. The van der Waals surface area contributed by atoms with E-state index in [0.717, 1.165) is 50.4 Å². The number of hydrogen-bond donors (Lipinski definition) is 0. The first-order valence-electron chi connectivity index (χ1n) is 20.2. The van der Waals surface area contributed by atoms with Crippen LogP contribution in [-0.2, 0) is 0 Å². The van der Waals surface area contributed by atoms with Crippen molar-refractivity contribution in [2.24, 2.45) is 0 Å². The van der Waals surface area contributed by atoms with Crippen LogP contribution in [0.25, 0.3) is 116 Å². The van der Waals surface area contributed by atoms with Gasteiger partial charge in [-0.1, -0.05) is 176 Å². The number of aromatic nitrogens is 3. The number of benzene rings is 10. The molecular formula is C56H35N3. The van der Waals surface area contributed by atoms with Crippen molar-refractivity contribution in [1.82, 2.24) is 14.5 Å². The van der Waals surface area contributed by atoms with Gasteiger partial charge in [-0.25, -0.2) is 9.97 Å². The van der Waals surface area contributed by atoms with Gasteiger partial charge in [-0.05, 0) is 85.6 Å². The fourth-order valence-electron chi connectivity index (χ4n) is 9.24. The molecule has 0 radical (unpaired) electrons. The summed E-state index contributed by atoms with van der Waals surface area (Å²) in [7, 11) is 0. The van der Waals surface area contributed by atoms with Crippen molar-refractivity contribution in [1.29, 1.82) is 0 Å². The maximum Gasteiger partial charge on any atom is 0.160 e. The molecule has 12 rings (SSSR count).